The number of hydrogen-bond acceptors (Lipinski definition) is 4. The number of thioether (sulfide) groups is 1. The van der Waals surface area contributed by atoms with E-state index in [9.17, 15) is 13.2 Å². The van der Waals surface area contributed by atoms with Gasteiger partial charge in [-0.15, -0.1) is 11.8 Å². The van der Waals surface area contributed by atoms with Crippen LogP contribution in [0.2, 0.25) is 0 Å². The Morgan fingerprint density at radius 2 is 1.79 bits per heavy atom. The highest BCUT2D eigenvalue weighted by Gasteiger charge is 2.26. The second kappa shape index (κ2) is 9.58. The number of hydrogen-bond donors (Lipinski definition) is 1. The van der Waals surface area contributed by atoms with E-state index < -0.39 is 10.0 Å². The molecular weight excluding hydrogens is 392 g/mol. The molecule has 1 aliphatic rings. The van der Waals surface area contributed by atoms with Crippen molar-refractivity contribution in [3.8, 4) is 0 Å². The van der Waals surface area contributed by atoms with E-state index in [2.05, 4.69) is 12.2 Å². The van der Waals surface area contributed by atoms with Gasteiger partial charge in [0.05, 0.1) is 10.6 Å². The molecule has 2 aromatic carbocycles. The number of piperidine rings is 1. The molecular formula is C21H26N2O3S2. The van der Waals surface area contributed by atoms with Gasteiger partial charge in [0.1, 0.15) is 0 Å². The van der Waals surface area contributed by atoms with Gasteiger partial charge >= 0.3 is 0 Å². The van der Waals surface area contributed by atoms with Crippen LogP contribution in [0.4, 0.5) is 5.69 Å². The highest BCUT2D eigenvalue weighted by atomic mass is 32.2. The first-order valence-electron chi connectivity index (χ1n) is 9.53. The van der Waals surface area contributed by atoms with Gasteiger partial charge in [-0.3, -0.25) is 4.79 Å². The second-order valence-corrected chi connectivity index (χ2v) is 10.2. The first-order valence-corrected chi connectivity index (χ1v) is 12.0. The Morgan fingerprint density at radius 1 is 1.07 bits per heavy atom. The predicted octanol–water partition coefficient (Wildman–Crippen LogP) is 4.29. The molecule has 0 unspecified atom stereocenters. The summed E-state index contributed by atoms with van der Waals surface area (Å²) >= 11 is 1.55. The second-order valence-electron chi connectivity index (χ2n) is 6.90. The van der Waals surface area contributed by atoms with Gasteiger partial charge in [0.15, 0.2) is 0 Å². The molecule has 0 saturated carbocycles. The average Bonchev–Trinajstić information content (AvgIpc) is 2.73. The molecule has 1 heterocycles. The minimum Gasteiger partial charge on any atom is -0.325 e. The maximum absolute atomic E-state index is 12.8. The molecule has 3 rings (SSSR count). The number of amides is 1. The van der Waals surface area contributed by atoms with Gasteiger partial charge in [-0.25, -0.2) is 8.42 Å². The van der Waals surface area contributed by atoms with E-state index in [1.807, 2.05) is 30.3 Å². The highest BCUT2D eigenvalue weighted by Crippen LogP contribution is 2.28. The summed E-state index contributed by atoms with van der Waals surface area (Å²) in [6, 6.07) is 16.6. The Morgan fingerprint density at radius 3 is 2.50 bits per heavy atom. The zero-order valence-corrected chi connectivity index (χ0v) is 17.6. The van der Waals surface area contributed by atoms with Gasteiger partial charge in [-0.2, -0.15) is 4.31 Å². The van der Waals surface area contributed by atoms with E-state index in [0.29, 0.717) is 24.5 Å². The van der Waals surface area contributed by atoms with Crippen LogP contribution in [-0.4, -0.2) is 37.5 Å². The number of carbonyl (C=O) groups is 1. The Balaban J connectivity index is 1.60. The zero-order valence-electron chi connectivity index (χ0n) is 16.0. The van der Waals surface area contributed by atoms with E-state index in [0.717, 1.165) is 19.3 Å². The van der Waals surface area contributed by atoms with E-state index in [4.69, 9.17) is 0 Å². The van der Waals surface area contributed by atoms with Gasteiger partial charge in [-0.1, -0.05) is 42.8 Å². The fourth-order valence-electron chi connectivity index (χ4n) is 3.21. The van der Waals surface area contributed by atoms with Crippen LogP contribution in [-0.2, 0) is 14.8 Å². The van der Waals surface area contributed by atoms with Gasteiger partial charge in [0.25, 0.3) is 0 Å². The van der Waals surface area contributed by atoms with Crippen LogP contribution in [0, 0.1) is 0 Å². The van der Waals surface area contributed by atoms with Gasteiger partial charge < -0.3 is 5.32 Å². The molecule has 1 amide bonds. The fraction of sp³-hybridized carbons (Fsp3) is 0.381. The summed E-state index contributed by atoms with van der Waals surface area (Å²) in [4.78, 5) is 12.6. The third-order valence-electron chi connectivity index (χ3n) is 4.80. The third kappa shape index (κ3) is 5.37. The summed E-state index contributed by atoms with van der Waals surface area (Å²) in [5, 5.41) is 3.03. The van der Waals surface area contributed by atoms with E-state index >= 15 is 0 Å². The molecule has 1 saturated heterocycles. The standard InChI is InChI=1S/C21H26N2O3S2/c1-17(18-9-4-2-5-10-18)27-16-21(24)22-19-11-8-12-20(15-19)28(25,26)23-13-6-3-7-14-23/h2,4-5,8-12,15,17H,3,6-7,13-14,16H2,1H3,(H,22,24)/t17-/m1/s1. The molecule has 7 heteroatoms. The molecule has 28 heavy (non-hydrogen) atoms. The fourth-order valence-corrected chi connectivity index (χ4v) is 5.59. The summed E-state index contributed by atoms with van der Waals surface area (Å²) in [5.74, 6) is 0.166. The quantitative estimate of drug-likeness (QED) is 0.728. The molecule has 2 aromatic rings. The summed E-state index contributed by atoms with van der Waals surface area (Å²) in [5.41, 5.74) is 1.69. The number of carbonyl (C=O) groups excluding carboxylic acids is 1. The minimum atomic E-state index is -3.51. The lowest BCUT2D eigenvalue weighted by molar-refractivity contribution is -0.113. The zero-order chi connectivity index (χ0) is 20.0. The van der Waals surface area contributed by atoms with Crippen molar-refractivity contribution in [2.75, 3.05) is 24.2 Å². The molecule has 0 radical (unpaired) electrons. The lowest BCUT2D eigenvalue weighted by Crippen LogP contribution is -2.35. The molecule has 1 N–H and O–H groups in total. The minimum absolute atomic E-state index is 0.139. The van der Waals surface area contributed by atoms with E-state index in [1.54, 1.807) is 36.0 Å². The lowest BCUT2D eigenvalue weighted by Gasteiger charge is -2.26. The average molecular weight is 419 g/mol. The van der Waals surface area contributed by atoms with Crippen molar-refractivity contribution in [3.63, 3.8) is 0 Å². The monoisotopic (exact) mass is 418 g/mol. The van der Waals surface area contributed by atoms with Crippen molar-refractivity contribution in [3.05, 3.63) is 60.2 Å². The Kier molecular flexibility index (Phi) is 7.15. The van der Waals surface area contributed by atoms with Crippen LogP contribution in [0.5, 0.6) is 0 Å². The largest absolute Gasteiger partial charge is 0.325 e. The predicted molar refractivity (Wildman–Crippen MR) is 115 cm³/mol. The van der Waals surface area contributed by atoms with Gasteiger partial charge in [0, 0.05) is 24.0 Å². The number of rotatable bonds is 7. The molecule has 0 aromatic heterocycles. The van der Waals surface area contributed by atoms with Crippen LogP contribution in [0.15, 0.2) is 59.5 Å². The van der Waals surface area contributed by atoms with Crippen LogP contribution in [0.25, 0.3) is 0 Å². The van der Waals surface area contributed by atoms with Crippen molar-refractivity contribution < 1.29 is 13.2 Å². The lowest BCUT2D eigenvalue weighted by atomic mass is 10.2. The molecule has 0 aliphatic carbocycles. The molecule has 1 aliphatic heterocycles. The number of benzene rings is 2. The maximum atomic E-state index is 12.8. The Hall–Kier alpha value is -1.83. The van der Waals surface area contributed by atoms with Crippen LogP contribution in [0.3, 0.4) is 0 Å². The van der Waals surface area contributed by atoms with Gasteiger partial charge in [0.2, 0.25) is 15.9 Å². The molecule has 5 nitrogen and oxygen atoms in total. The van der Waals surface area contributed by atoms with Crippen LogP contribution < -0.4 is 5.32 Å². The first kappa shape index (κ1) is 20.9. The summed E-state index contributed by atoms with van der Waals surface area (Å²) in [7, 11) is -3.51. The number of anilines is 1. The van der Waals surface area contributed by atoms with Crippen LogP contribution >= 0.6 is 11.8 Å². The summed E-state index contributed by atoms with van der Waals surface area (Å²) in [6.45, 7) is 3.19. The van der Waals surface area contributed by atoms with Crippen molar-refractivity contribution in [1.82, 2.24) is 4.31 Å². The summed E-state index contributed by atoms with van der Waals surface area (Å²) < 4.78 is 27.1. The number of sulfonamides is 1. The molecule has 0 bridgehead atoms. The normalized spacial score (nSPS) is 16.5. The summed E-state index contributed by atoms with van der Waals surface area (Å²) in [6.07, 6.45) is 2.86. The molecule has 150 valence electrons. The Bertz CT molecular complexity index is 895. The number of nitrogens with zero attached hydrogens (tertiary/aromatic N) is 1. The number of nitrogens with one attached hydrogen (secondary N) is 1. The van der Waals surface area contributed by atoms with Crippen LogP contribution in [0.1, 0.15) is 37.0 Å². The Labute approximate surface area is 171 Å². The van der Waals surface area contributed by atoms with Crippen molar-refractivity contribution in [2.24, 2.45) is 0 Å². The first-order chi connectivity index (χ1) is 13.5. The third-order valence-corrected chi connectivity index (χ3v) is 7.90. The topological polar surface area (TPSA) is 66.5 Å². The van der Waals surface area contributed by atoms with Crippen molar-refractivity contribution >= 4 is 33.4 Å². The SMILES string of the molecule is C[C@@H](SCC(=O)Nc1cccc(S(=O)(=O)N2CCCCC2)c1)c1ccccc1. The smallest absolute Gasteiger partial charge is 0.243 e. The molecule has 1 atom stereocenters. The van der Waals surface area contributed by atoms with Crippen molar-refractivity contribution in [1.29, 1.82) is 0 Å². The van der Waals surface area contributed by atoms with Crippen molar-refractivity contribution in [2.45, 2.75) is 36.3 Å². The maximum Gasteiger partial charge on any atom is 0.243 e. The van der Waals surface area contributed by atoms with E-state index in [-0.39, 0.29) is 16.1 Å². The highest BCUT2D eigenvalue weighted by molar-refractivity contribution is 8.00. The molecule has 0 spiro atoms. The van der Waals surface area contributed by atoms with E-state index in [1.165, 1.54) is 9.87 Å². The molecule has 1 fully saturated rings. The van der Waals surface area contributed by atoms with Gasteiger partial charge in [-0.05, 0) is 43.5 Å².